The number of sulfonamides is 1. The number of aromatic carboxylic acids is 1. The number of nitrogens with one attached hydrogen (secondary N) is 1. The van der Waals surface area contributed by atoms with Crippen LogP contribution >= 0.6 is 0 Å². The van der Waals surface area contributed by atoms with E-state index in [1.165, 1.54) is 11.9 Å². The van der Waals surface area contributed by atoms with E-state index in [1.54, 1.807) is 0 Å². The fraction of sp³-hybridized carbons (Fsp3) is 0.417. The first-order chi connectivity index (χ1) is 9.81. The van der Waals surface area contributed by atoms with E-state index in [0.29, 0.717) is 26.3 Å². The van der Waals surface area contributed by atoms with Crippen molar-refractivity contribution in [3.8, 4) is 5.75 Å². The van der Waals surface area contributed by atoms with Crippen molar-refractivity contribution in [2.24, 2.45) is 0 Å². The molecule has 0 unspecified atom stereocenters. The Kier molecular flexibility index (Phi) is 4.47. The number of morpholine rings is 1. The van der Waals surface area contributed by atoms with Crippen LogP contribution in [0.3, 0.4) is 0 Å². The van der Waals surface area contributed by atoms with Crippen LogP contribution in [0.25, 0.3) is 0 Å². The highest BCUT2D eigenvalue weighted by Crippen LogP contribution is 2.25. The van der Waals surface area contributed by atoms with Crippen molar-refractivity contribution in [1.29, 1.82) is 0 Å². The van der Waals surface area contributed by atoms with Crippen molar-refractivity contribution in [3.63, 3.8) is 0 Å². The second-order valence-corrected chi connectivity index (χ2v) is 6.26. The van der Waals surface area contributed by atoms with Crippen molar-refractivity contribution in [2.45, 2.75) is 11.8 Å². The molecule has 1 aromatic rings. The zero-order valence-electron chi connectivity index (χ0n) is 11.4. The first kappa shape index (κ1) is 15.7. The number of rotatable bonds is 4. The number of ether oxygens (including phenoxy) is 1. The highest BCUT2D eigenvalue weighted by Gasteiger charge is 2.24. The monoisotopic (exact) mass is 316 g/mol. The van der Waals surface area contributed by atoms with Crippen molar-refractivity contribution < 1.29 is 28.2 Å². The molecule has 9 heteroatoms. The maximum Gasteiger partial charge on any atom is 0.339 e. The van der Waals surface area contributed by atoms with Gasteiger partial charge in [0.1, 0.15) is 11.3 Å². The van der Waals surface area contributed by atoms with Gasteiger partial charge in [0.05, 0.1) is 18.1 Å². The Bertz CT molecular complexity index is 652. The van der Waals surface area contributed by atoms with Crippen LogP contribution in [0.15, 0.2) is 17.0 Å². The van der Waals surface area contributed by atoms with Crippen LogP contribution in [0.5, 0.6) is 5.75 Å². The zero-order valence-corrected chi connectivity index (χ0v) is 12.2. The van der Waals surface area contributed by atoms with E-state index in [2.05, 4.69) is 4.83 Å². The summed E-state index contributed by atoms with van der Waals surface area (Å²) in [5, 5.41) is 20.0. The van der Waals surface area contributed by atoms with Gasteiger partial charge in [0.25, 0.3) is 10.0 Å². The maximum absolute atomic E-state index is 12.3. The Morgan fingerprint density at radius 2 is 1.95 bits per heavy atom. The summed E-state index contributed by atoms with van der Waals surface area (Å²) in [6, 6.07) is 2.08. The van der Waals surface area contributed by atoms with E-state index in [0.717, 1.165) is 12.1 Å². The van der Waals surface area contributed by atoms with E-state index in [4.69, 9.17) is 9.84 Å². The van der Waals surface area contributed by atoms with Gasteiger partial charge in [0.2, 0.25) is 0 Å². The first-order valence-corrected chi connectivity index (χ1v) is 7.71. The summed E-state index contributed by atoms with van der Waals surface area (Å²) in [6.07, 6.45) is 0. The number of aromatic hydroxyl groups is 1. The third kappa shape index (κ3) is 3.50. The van der Waals surface area contributed by atoms with Crippen LogP contribution in [0.1, 0.15) is 15.9 Å². The number of nitrogens with zero attached hydrogens (tertiary/aromatic N) is 1. The second kappa shape index (κ2) is 5.98. The third-order valence-electron chi connectivity index (χ3n) is 3.07. The third-order valence-corrected chi connectivity index (χ3v) is 4.59. The minimum atomic E-state index is -3.92. The lowest BCUT2D eigenvalue weighted by atomic mass is 10.1. The molecule has 1 fully saturated rings. The summed E-state index contributed by atoms with van der Waals surface area (Å²) in [6.45, 7) is 3.12. The average Bonchev–Trinajstić information content (AvgIpc) is 2.38. The number of benzene rings is 1. The molecule has 0 aromatic heterocycles. The number of hydrogen-bond acceptors (Lipinski definition) is 6. The summed E-state index contributed by atoms with van der Waals surface area (Å²) in [5.41, 5.74) is -0.193. The summed E-state index contributed by atoms with van der Waals surface area (Å²) >= 11 is 0. The molecule has 1 saturated heterocycles. The lowest BCUT2D eigenvalue weighted by molar-refractivity contribution is 0.0272. The molecule has 0 bridgehead atoms. The normalized spacial score (nSPS) is 16.8. The summed E-state index contributed by atoms with van der Waals surface area (Å²) < 4.78 is 29.8. The van der Waals surface area contributed by atoms with Crippen molar-refractivity contribution in [1.82, 2.24) is 9.84 Å². The van der Waals surface area contributed by atoms with Gasteiger partial charge in [0.15, 0.2) is 0 Å². The quantitative estimate of drug-likeness (QED) is 0.711. The average molecular weight is 316 g/mol. The van der Waals surface area contributed by atoms with Gasteiger partial charge >= 0.3 is 5.97 Å². The Morgan fingerprint density at radius 1 is 1.33 bits per heavy atom. The highest BCUT2D eigenvalue weighted by molar-refractivity contribution is 7.89. The van der Waals surface area contributed by atoms with Gasteiger partial charge in [-0.15, -0.1) is 4.83 Å². The number of hydrogen-bond donors (Lipinski definition) is 3. The van der Waals surface area contributed by atoms with Crippen molar-refractivity contribution in [3.05, 3.63) is 23.3 Å². The van der Waals surface area contributed by atoms with Gasteiger partial charge in [-0.1, -0.05) is 0 Å². The van der Waals surface area contributed by atoms with Gasteiger partial charge in [-0.25, -0.2) is 18.2 Å². The molecule has 1 aliphatic heterocycles. The number of carbonyl (C=O) groups is 1. The molecule has 0 aliphatic carbocycles. The fourth-order valence-corrected chi connectivity index (χ4v) is 3.38. The standard InChI is InChI=1S/C12H16N2O6S/c1-8-6-10(15)9(12(16)17)7-11(8)21(18,19)13-14-2-4-20-5-3-14/h6-7,13,15H,2-5H2,1H3,(H,16,17). The molecule has 0 amide bonds. The predicted molar refractivity (Wildman–Crippen MR) is 72.5 cm³/mol. The Labute approximate surface area is 122 Å². The molecule has 1 aliphatic rings. The topological polar surface area (TPSA) is 116 Å². The number of phenols is 1. The minimum Gasteiger partial charge on any atom is -0.507 e. The molecule has 3 N–H and O–H groups in total. The van der Waals surface area contributed by atoms with Gasteiger partial charge in [-0.05, 0) is 24.6 Å². The smallest absolute Gasteiger partial charge is 0.339 e. The van der Waals surface area contributed by atoms with E-state index in [9.17, 15) is 18.3 Å². The van der Waals surface area contributed by atoms with Gasteiger partial charge in [0, 0.05) is 13.1 Å². The van der Waals surface area contributed by atoms with E-state index >= 15 is 0 Å². The zero-order chi connectivity index (χ0) is 15.6. The Hall–Kier alpha value is -1.68. The summed E-state index contributed by atoms with van der Waals surface area (Å²) in [4.78, 5) is 13.2. The van der Waals surface area contributed by atoms with Crippen molar-refractivity contribution in [2.75, 3.05) is 26.3 Å². The second-order valence-electron chi connectivity index (χ2n) is 4.63. The van der Waals surface area contributed by atoms with Gasteiger partial charge in [-0.3, -0.25) is 0 Å². The molecule has 2 rings (SSSR count). The number of carboxylic acid groups (broad SMARTS) is 1. The lowest BCUT2D eigenvalue weighted by Gasteiger charge is -2.27. The lowest BCUT2D eigenvalue weighted by Crippen LogP contribution is -2.48. The van der Waals surface area contributed by atoms with Gasteiger partial charge < -0.3 is 14.9 Å². The predicted octanol–water partition coefficient (Wildman–Crippen LogP) is -0.0757. The molecule has 0 spiro atoms. The molecule has 0 atom stereocenters. The number of carboxylic acids is 1. The Balaban J connectivity index is 2.34. The molecule has 116 valence electrons. The molecule has 0 saturated carbocycles. The molecule has 8 nitrogen and oxygen atoms in total. The highest BCUT2D eigenvalue weighted by atomic mass is 32.2. The van der Waals surface area contributed by atoms with Crippen LogP contribution in [-0.4, -0.2) is 55.9 Å². The number of hydrazine groups is 1. The molecule has 1 heterocycles. The Morgan fingerprint density at radius 3 is 2.52 bits per heavy atom. The van der Waals surface area contributed by atoms with E-state index < -0.39 is 27.3 Å². The minimum absolute atomic E-state index is 0.177. The van der Waals surface area contributed by atoms with Gasteiger partial charge in [-0.2, -0.15) is 0 Å². The van der Waals surface area contributed by atoms with Crippen LogP contribution < -0.4 is 4.83 Å². The summed E-state index contributed by atoms with van der Waals surface area (Å²) in [5.74, 6) is -1.86. The summed E-state index contributed by atoms with van der Waals surface area (Å²) in [7, 11) is -3.92. The van der Waals surface area contributed by atoms with Crippen LogP contribution in [0, 0.1) is 6.92 Å². The SMILES string of the molecule is Cc1cc(O)c(C(=O)O)cc1S(=O)(=O)NN1CCOCC1. The molecule has 21 heavy (non-hydrogen) atoms. The van der Waals surface area contributed by atoms with Crippen LogP contribution in [0.2, 0.25) is 0 Å². The maximum atomic E-state index is 12.3. The molecule has 0 radical (unpaired) electrons. The van der Waals surface area contributed by atoms with E-state index in [-0.39, 0.29) is 10.5 Å². The largest absolute Gasteiger partial charge is 0.507 e. The molecular weight excluding hydrogens is 300 g/mol. The van der Waals surface area contributed by atoms with Crippen LogP contribution in [-0.2, 0) is 14.8 Å². The fourth-order valence-electron chi connectivity index (χ4n) is 2.01. The van der Waals surface area contributed by atoms with Crippen molar-refractivity contribution >= 4 is 16.0 Å². The molecule has 1 aromatic carbocycles. The first-order valence-electron chi connectivity index (χ1n) is 6.23. The number of aryl methyl sites for hydroxylation is 1. The van der Waals surface area contributed by atoms with E-state index in [1.807, 2.05) is 0 Å². The molecular formula is C12H16N2O6S. The van der Waals surface area contributed by atoms with Crippen LogP contribution in [0.4, 0.5) is 0 Å².